The van der Waals surface area contributed by atoms with Gasteiger partial charge in [0.15, 0.2) is 11.0 Å². The molecule has 1 aromatic heterocycles. The highest BCUT2D eigenvalue weighted by Gasteiger charge is 2.31. The molecule has 0 spiro atoms. The Labute approximate surface area is 264 Å². The van der Waals surface area contributed by atoms with Crippen molar-refractivity contribution in [3.63, 3.8) is 0 Å². The molecule has 0 saturated carbocycles. The molecular formula is C33H35F3N6O2S. The van der Waals surface area contributed by atoms with Gasteiger partial charge in [0.05, 0.1) is 5.69 Å². The number of carbonyl (C=O) groups is 1. The minimum Gasteiger partial charge on any atom is -0.406 e. The van der Waals surface area contributed by atoms with E-state index in [-0.39, 0.29) is 23.7 Å². The number of urea groups is 1. The molecule has 12 heteroatoms. The zero-order valence-electron chi connectivity index (χ0n) is 25.7. The average molecular weight is 637 g/mol. The van der Waals surface area contributed by atoms with Crippen molar-refractivity contribution in [1.29, 1.82) is 0 Å². The topological polar surface area (TPSA) is 84.6 Å². The van der Waals surface area contributed by atoms with Crippen molar-refractivity contribution >= 4 is 28.6 Å². The third-order valence-electron chi connectivity index (χ3n) is 7.71. The van der Waals surface area contributed by atoms with Crippen LogP contribution < -0.4 is 15.0 Å². The number of amides is 2. The summed E-state index contributed by atoms with van der Waals surface area (Å²) in [5, 5.41) is 8.24. The number of nitrogens with zero attached hydrogens (tertiary/aromatic N) is 5. The maximum absolute atomic E-state index is 13.1. The predicted octanol–water partition coefficient (Wildman–Crippen LogP) is 7.96. The number of nitrogens with one attached hydrogen (secondary N) is 1. The van der Waals surface area contributed by atoms with Crippen LogP contribution in [0.25, 0.3) is 17.1 Å². The molecular weight excluding hydrogens is 601 g/mol. The number of ether oxygens (including phenoxy) is 1. The number of aryl methyl sites for hydroxylation is 3. The van der Waals surface area contributed by atoms with Crippen molar-refractivity contribution in [2.75, 3.05) is 17.2 Å². The SMILES string of the molecule is Cc1cc(C)c(N2CCCSC2=NC(=O)NC(C)C(C)c2ccc(-c3ncn(-c4ccc(OC(F)(F)F)cc4)n3)cc2)c(C)c1. The molecule has 1 saturated heterocycles. The van der Waals surface area contributed by atoms with Crippen LogP contribution in [0.3, 0.4) is 0 Å². The van der Waals surface area contributed by atoms with Crippen LogP contribution in [0, 0.1) is 20.8 Å². The summed E-state index contributed by atoms with van der Waals surface area (Å²) < 4.78 is 42.7. The standard InChI is InChI=1S/C33H35F3N6O2S/c1-20-17-21(2)29(22(3)18-20)41-15-6-16-45-32(41)39-31(43)38-24(5)23(4)25-7-9-26(10-8-25)30-37-19-42(40-30)27-11-13-28(14-12-27)44-33(34,35)36/h7-14,17-19,23-24H,6,15-16H2,1-5H3,(H,38,43). The molecule has 2 heterocycles. The predicted molar refractivity (Wildman–Crippen MR) is 172 cm³/mol. The molecule has 4 aromatic rings. The van der Waals surface area contributed by atoms with Crippen LogP contribution in [0.15, 0.2) is 72.0 Å². The molecule has 3 aromatic carbocycles. The number of carbonyl (C=O) groups excluding carboxylic acids is 1. The smallest absolute Gasteiger partial charge is 0.406 e. The molecule has 1 fully saturated rings. The van der Waals surface area contributed by atoms with Crippen molar-refractivity contribution in [3.05, 3.63) is 89.2 Å². The fraction of sp³-hybridized carbons (Fsp3) is 0.333. The van der Waals surface area contributed by atoms with Crippen LogP contribution in [0.5, 0.6) is 5.75 Å². The molecule has 5 rings (SSSR count). The normalized spacial score (nSPS) is 16.0. The van der Waals surface area contributed by atoms with Crippen molar-refractivity contribution < 1.29 is 22.7 Å². The zero-order chi connectivity index (χ0) is 32.3. The highest BCUT2D eigenvalue weighted by molar-refractivity contribution is 8.14. The monoisotopic (exact) mass is 636 g/mol. The number of anilines is 1. The highest BCUT2D eigenvalue weighted by Crippen LogP contribution is 2.32. The van der Waals surface area contributed by atoms with Gasteiger partial charge in [0, 0.05) is 35.5 Å². The second kappa shape index (κ2) is 13.4. The number of aromatic nitrogens is 3. The van der Waals surface area contributed by atoms with E-state index in [1.165, 1.54) is 52.0 Å². The second-order valence-electron chi connectivity index (χ2n) is 11.2. The van der Waals surface area contributed by atoms with E-state index in [4.69, 9.17) is 0 Å². The first-order valence-corrected chi connectivity index (χ1v) is 15.6. The van der Waals surface area contributed by atoms with E-state index in [0.717, 1.165) is 40.7 Å². The maximum atomic E-state index is 13.1. The van der Waals surface area contributed by atoms with Gasteiger partial charge in [-0.3, -0.25) is 0 Å². The number of alkyl halides is 3. The lowest BCUT2D eigenvalue weighted by Crippen LogP contribution is -2.39. The fourth-order valence-electron chi connectivity index (χ4n) is 5.44. The molecule has 2 unspecified atom stereocenters. The molecule has 1 N–H and O–H groups in total. The van der Waals surface area contributed by atoms with Crippen molar-refractivity contribution in [2.45, 2.75) is 59.4 Å². The van der Waals surface area contributed by atoms with E-state index in [1.807, 2.05) is 38.1 Å². The zero-order valence-corrected chi connectivity index (χ0v) is 26.5. The summed E-state index contributed by atoms with van der Waals surface area (Å²) in [6.07, 6.45) is -2.23. The minimum atomic E-state index is -4.75. The van der Waals surface area contributed by atoms with Crippen LogP contribution in [0.4, 0.5) is 23.7 Å². The number of hydrogen-bond donors (Lipinski definition) is 1. The van der Waals surface area contributed by atoms with E-state index < -0.39 is 6.36 Å². The first-order chi connectivity index (χ1) is 21.4. The number of benzene rings is 3. The lowest BCUT2D eigenvalue weighted by atomic mass is 9.93. The average Bonchev–Trinajstić information content (AvgIpc) is 3.47. The summed E-state index contributed by atoms with van der Waals surface area (Å²) in [6, 6.07) is 16.9. The highest BCUT2D eigenvalue weighted by atomic mass is 32.2. The lowest BCUT2D eigenvalue weighted by Gasteiger charge is -2.32. The van der Waals surface area contributed by atoms with Crippen LogP contribution in [0.1, 0.15) is 48.4 Å². The Bertz CT molecular complexity index is 1660. The molecule has 0 bridgehead atoms. The maximum Gasteiger partial charge on any atom is 0.573 e. The second-order valence-corrected chi connectivity index (χ2v) is 12.3. The van der Waals surface area contributed by atoms with E-state index in [0.29, 0.717) is 11.5 Å². The number of aliphatic imine (C=N–C) groups is 1. The summed E-state index contributed by atoms with van der Waals surface area (Å²) in [6.45, 7) is 11.1. The quantitative estimate of drug-likeness (QED) is 0.222. The summed E-state index contributed by atoms with van der Waals surface area (Å²) in [7, 11) is 0. The van der Waals surface area contributed by atoms with Gasteiger partial charge in [0.2, 0.25) is 0 Å². The first kappa shape index (κ1) is 32.1. The Morgan fingerprint density at radius 1 is 1.02 bits per heavy atom. The summed E-state index contributed by atoms with van der Waals surface area (Å²) >= 11 is 1.61. The Balaban J connectivity index is 1.23. The number of rotatable bonds is 7. The molecule has 0 aliphatic carbocycles. The Morgan fingerprint density at radius 2 is 1.69 bits per heavy atom. The lowest BCUT2D eigenvalue weighted by molar-refractivity contribution is -0.274. The minimum absolute atomic E-state index is 0.00264. The molecule has 1 aliphatic rings. The first-order valence-electron chi connectivity index (χ1n) is 14.6. The van der Waals surface area contributed by atoms with Crippen molar-refractivity contribution in [3.8, 4) is 22.8 Å². The molecule has 1 aliphatic heterocycles. The molecule has 2 atom stereocenters. The van der Waals surface area contributed by atoms with Crippen LogP contribution in [0.2, 0.25) is 0 Å². The Kier molecular flexibility index (Phi) is 9.52. The van der Waals surface area contributed by atoms with Crippen LogP contribution >= 0.6 is 11.8 Å². The largest absolute Gasteiger partial charge is 0.573 e. The van der Waals surface area contributed by atoms with Gasteiger partial charge in [-0.2, -0.15) is 4.99 Å². The van der Waals surface area contributed by atoms with Gasteiger partial charge in [-0.1, -0.05) is 60.6 Å². The summed E-state index contributed by atoms with van der Waals surface area (Å²) in [4.78, 5) is 24.1. The van der Waals surface area contributed by atoms with Crippen LogP contribution in [-0.2, 0) is 0 Å². The van der Waals surface area contributed by atoms with E-state index in [9.17, 15) is 18.0 Å². The number of halogens is 3. The summed E-state index contributed by atoms with van der Waals surface area (Å²) in [5.74, 6) is 1.08. The van der Waals surface area contributed by atoms with Gasteiger partial charge in [-0.05, 0) is 75.1 Å². The van der Waals surface area contributed by atoms with Gasteiger partial charge in [-0.15, -0.1) is 18.3 Å². The van der Waals surface area contributed by atoms with Crippen molar-refractivity contribution in [2.24, 2.45) is 4.99 Å². The van der Waals surface area contributed by atoms with Crippen molar-refractivity contribution in [1.82, 2.24) is 20.1 Å². The fourth-order valence-corrected chi connectivity index (χ4v) is 6.38. The molecule has 236 valence electrons. The third-order valence-corrected chi connectivity index (χ3v) is 8.78. The Hall–Kier alpha value is -4.32. The Morgan fingerprint density at radius 3 is 2.33 bits per heavy atom. The van der Waals surface area contributed by atoms with Gasteiger partial charge in [-0.25, -0.2) is 14.5 Å². The van der Waals surface area contributed by atoms with E-state index in [2.05, 4.69) is 62.9 Å². The molecule has 45 heavy (non-hydrogen) atoms. The molecule has 0 radical (unpaired) electrons. The van der Waals surface area contributed by atoms with Gasteiger partial charge < -0.3 is 15.0 Å². The number of hydrogen-bond acceptors (Lipinski definition) is 5. The molecule has 2 amide bonds. The third kappa shape index (κ3) is 7.86. The molecule has 8 nitrogen and oxygen atoms in total. The van der Waals surface area contributed by atoms with E-state index in [1.54, 1.807) is 11.8 Å². The van der Waals surface area contributed by atoms with E-state index >= 15 is 0 Å². The van der Waals surface area contributed by atoms with Crippen LogP contribution in [-0.4, -0.2) is 50.7 Å². The van der Waals surface area contributed by atoms with Gasteiger partial charge in [0.1, 0.15) is 12.1 Å². The van der Waals surface area contributed by atoms with Gasteiger partial charge in [0.25, 0.3) is 0 Å². The number of amidine groups is 1. The number of thioether (sulfide) groups is 1. The van der Waals surface area contributed by atoms with Gasteiger partial charge >= 0.3 is 12.4 Å². The summed E-state index contributed by atoms with van der Waals surface area (Å²) in [5.41, 5.74) is 7.02.